The van der Waals surface area contributed by atoms with Crippen LogP contribution in [0.4, 0.5) is 5.82 Å². The van der Waals surface area contributed by atoms with E-state index in [0.717, 1.165) is 25.9 Å². The molecule has 1 rings (SSSR count). The van der Waals surface area contributed by atoms with Crippen molar-refractivity contribution < 1.29 is 4.79 Å². The fourth-order valence-corrected chi connectivity index (χ4v) is 1.81. The van der Waals surface area contributed by atoms with Gasteiger partial charge in [-0.2, -0.15) is 0 Å². The third-order valence-corrected chi connectivity index (χ3v) is 3.10. The van der Waals surface area contributed by atoms with Gasteiger partial charge in [0.25, 0.3) is 5.91 Å². The molecule has 1 amide bonds. The van der Waals surface area contributed by atoms with Gasteiger partial charge in [-0.15, -0.1) is 0 Å². The summed E-state index contributed by atoms with van der Waals surface area (Å²) in [4.78, 5) is 16.3. The van der Waals surface area contributed by atoms with Gasteiger partial charge in [-0.1, -0.05) is 26.7 Å². The Kier molecular flexibility index (Phi) is 6.19. The van der Waals surface area contributed by atoms with Crippen molar-refractivity contribution in [2.75, 3.05) is 18.4 Å². The molecule has 100 valence electrons. The molecule has 1 aromatic rings. The van der Waals surface area contributed by atoms with Gasteiger partial charge in [0.15, 0.2) is 0 Å². The number of nitrogens with zero attached hydrogens (tertiary/aromatic N) is 1. The summed E-state index contributed by atoms with van der Waals surface area (Å²) in [6.07, 6.45) is 3.86. The highest BCUT2D eigenvalue weighted by Crippen LogP contribution is 2.12. The molecular formula is C14H23N3O. The molecule has 18 heavy (non-hydrogen) atoms. The smallest absolute Gasteiger partial charge is 0.255 e. The van der Waals surface area contributed by atoms with Gasteiger partial charge in [-0.05, 0) is 25.0 Å². The second kappa shape index (κ2) is 7.69. The standard InChI is InChI=1S/C14H23N3O/c1-4-11(5-2)10-17-14(18)12-8-7-9-16-13(12)15-6-3/h7-9,11H,4-6,10H2,1-3H3,(H,15,16)(H,17,18). The molecule has 1 aromatic heterocycles. The Morgan fingerprint density at radius 2 is 2.06 bits per heavy atom. The number of hydrogen-bond acceptors (Lipinski definition) is 3. The molecule has 0 radical (unpaired) electrons. The topological polar surface area (TPSA) is 54.0 Å². The Morgan fingerprint density at radius 3 is 2.67 bits per heavy atom. The number of anilines is 1. The minimum atomic E-state index is -0.0500. The average molecular weight is 249 g/mol. The number of rotatable bonds is 7. The van der Waals surface area contributed by atoms with Gasteiger partial charge < -0.3 is 10.6 Å². The predicted molar refractivity (Wildman–Crippen MR) is 74.8 cm³/mol. The Labute approximate surface area is 109 Å². The van der Waals surface area contributed by atoms with Crippen LogP contribution < -0.4 is 10.6 Å². The Bertz CT molecular complexity index is 375. The average Bonchev–Trinajstić information content (AvgIpc) is 2.40. The lowest BCUT2D eigenvalue weighted by molar-refractivity contribution is 0.0947. The molecule has 0 unspecified atom stereocenters. The molecule has 0 aliphatic carbocycles. The van der Waals surface area contributed by atoms with Gasteiger partial charge in [-0.25, -0.2) is 4.98 Å². The van der Waals surface area contributed by atoms with Crippen LogP contribution in [-0.4, -0.2) is 24.0 Å². The largest absolute Gasteiger partial charge is 0.370 e. The number of nitrogens with one attached hydrogen (secondary N) is 2. The first kappa shape index (κ1) is 14.5. The van der Waals surface area contributed by atoms with Crippen LogP contribution in [-0.2, 0) is 0 Å². The lowest BCUT2D eigenvalue weighted by Crippen LogP contribution is -2.29. The number of pyridine rings is 1. The van der Waals surface area contributed by atoms with Gasteiger partial charge in [0.1, 0.15) is 5.82 Å². The molecule has 4 heteroatoms. The van der Waals surface area contributed by atoms with Crippen molar-refractivity contribution in [2.24, 2.45) is 5.92 Å². The van der Waals surface area contributed by atoms with Crippen LogP contribution in [0.15, 0.2) is 18.3 Å². The van der Waals surface area contributed by atoms with Crippen molar-refractivity contribution in [3.8, 4) is 0 Å². The van der Waals surface area contributed by atoms with Gasteiger partial charge in [-0.3, -0.25) is 4.79 Å². The first-order chi connectivity index (χ1) is 8.72. The minimum Gasteiger partial charge on any atom is -0.370 e. The maximum atomic E-state index is 12.1. The summed E-state index contributed by atoms with van der Waals surface area (Å²) in [5.74, 6) is 1.15. The van der Waals surface area contributed by atoms with E-state index in [2.05, 4.69) is 29.5 Å². The predicted octanol–water partition coefficient (Wildman–Crippen LogP) is 2.68. The van der Waals surface area contributed by atoms with Crippen LogP contribution in [0.5, 0.6) is 0 Å². The van der Waals surface area contributed by atoms with Crippen LogP contribution in [0.2, 0.25) is 0 Å². The molecule has 2 N–H and O–H groups in total. The fourth-order valence-electron chi connectivity index (χ4n) is 1.81. The third kappa shape index (κ3) is 4.02. The lowest BCUT2D eigenvalue weighted by atomic mass is 10.0. The van der Waals surface area contributed by atoms with Crippen LogP contribution in [0.3, 0.4) is 0 Å². The molecule has 0 spiro atoms. The van der Waals surface area contributed by atoms with E-state index in [1.54, 1.807) is 18.3 Å². The highest BCUT2D eigenvalue weighted by Gasteiger charge is 2.12. The number of carbonyl (C=O) groups is 1. The molecule has 0 atom stereocenters. The maximum Gasteiger partial charge on any atom is 0.255 e. The molecule has 0 aliphatic heterocycles. The van der Waals surface area contributed by atoms with Crippen molar-refractivity contribution in [3.05, 3.63) is 23.9 Å². The summed E-state index contributed by atoms with van der Waals surface area (Å²) < 4.78 is 0. The van der Waals surface area contributed by atoms with Crippen molar-refractivity contribution in [1.29, 1.82) is 0 Å². The normalized spacial score (nSPS) is 10.4. The van der Waals surface area contributed by atoms with Crippen LogP contribution in [0.25, 0.3) is 0 Å². The van der Waals surface area contributed by atoms with Crippen LogP contribution in [0.1, 0.15) is 44.0 Å². The molecule has 1 heterocycles. The van der Waals surface area contributed by atoms with E-state index in [4.69, 9.17) is 0 Å². The fraction of sp³-hybridized carbons (Fsp3) is 0.571. The Balaban J connectivity index is 2.66. The van der Waals surface area contributed by atoms with Gasteiger partial charge >= 0.3 is 0 Å². The van der Waals surface area contributed by atoms with Crippen molar-refractivity contribution in [2.45, 2.75) is 33.6 Å². The number of hydrogen-bond donors (Lipinski definition) is 2. The zero-order chi connectivity index (χ0) is 13.4. The van der Waals surface area contributed by atoms with Crippen molar-refractivity contribution >= 4 is 11.7 Å². The molecule has 0 saturated carbocycles. The summed E-state index contributed by atoms with van der Waals surface area (Å²) >= 11 is 0. The third-order valence-electron chi connectivity index (χ3n) is 3.10. The number of amides is 1. The summed E-state index contributed by atoms with van der Waals surface area (Å²) in [6, 6.07) is 3.58. The molecule has 0 fully saturated rings. The van der Waals surface area contributed by atoms with E-state index in [0.29, 0.717) is 17.3 Å². The van der Waals surface area contributed by atoms with E-state index in [-0.39, 0.29) is 5.91 Å². The highest BCUT2D eigenvalue weighted by atomic mass is 16.1. The van der Waals surface area contributed by atoms with Crippen LogP contribution in [0, 0.1) is 5.92 Å². The zero-order valence-electron chi connectivity index (χ0n) is 11.5. The van der Waals surface area contributed by atoms with E-state index in [1.807, 2.05) is 6.92 Å². The summed E-state index contributed by atoms with van der Waals surface area (Å²) in [5.41, 5.74) is 0.616. The second-order valence-corrected chi connectivity index (χ2v) is 4.32. The summed E-state index contributed by atoms with van der Waals surface area (Å²) in [7, 11) is 0. The van der Waals surface area contributed by atoms with E-state index < -0.39 is 0 Å². The number of aromatic nitrogens is 1. The molecule has 0 bridgehead atoms. The van der Waals surface area contributed by atoms with E-state index >= 15 is 0 Å². The Morgan fingerprint density at radius 1 is 1.33 bits per heavy atom. The molecule has 0 aromatic carbocycles. The zero-order valence-corrected chi connectivity index (χ0v) is 11.5. The summed E-state index contributed by atoms with van der Waals surface area (Å²) in [6.45, 7) is 7.76. The molecular weight excluding hydrogens is 226 g/mol. The second-order valence-electron chi connectivity index (χ2n) is 4.32. The molecule has 0 aliphatic rings. The monoisotopic (exact) mass is 249 g/mol. The van der Waals surface area contributed by atoms with Gasteiger partial charge in [0.05, 0.1) is 5.56 Å². The van der Waals surface area contributed by atoms with Gasteiger partial charge in [0, 0.05) is 19.3 Å². The SMILES string of the molecule is CCNc1ncccc1C(=O)NCC(CC)CC. The van der Waals surface area contributed by atoms with E-state index in [9.17, 15) is 4.79 Å². The maximum absolute atomic E-state index is 12.1. The van der Waals surface area contributed by atoms with Crippen molar-refractivity contribution in [1.82, 2.24) is 10.3 Å². The molecule has 4 nitrogen and oxygen atoms in total. The summed E-state index contributed by atoms with van der Waals surface area (Å²) in [5, 5.41) is 6.08. The first-order valence-corrected chi connectivity index (χ1v) is 6.69. The van der Waals surface area contributed by atoms with Crippen LogP contribution >= 0.6 is 0 Å². The lowest BCUT2D eigenvalue weighted by Gasteiger charge is -2.14. The minimum absolute atomic E-state index is 0.0500. The highest BCUT2D eigenvalue weighted by molar-refractivity contribution is 5.98. The van der Waals surface area contributed by atoms with Gasteiger partial charge in [0.2, 0.25) is 0 Å². The number of carbonyl (C=O) groups excluding carboxylic acids is 1. The van der Waals surface area contributed by atoms with E-state index in [1.165, 1.54) is 0 Å². The first-order valence-electron chi connectivity index (χ1n) is 6.69. The van der Waals surface area contributed by atoms with Crippen molar-refractivity contribution in [3.63, 3.8) is 0 Å². The molecule has 0 saturated heterocycles. The Hall–Kier alpha value is -1.58. The quantitative estimate of drug-likeness (QED) is 0.781.